The Morgan fingerprint density at radius 1 is 1.00 bits per heavy atom. The summed E-state index contributed by atoms with van der Waals surface area (Å²) in [7, 11) is 0. The zero-order valence-corrected chi connectivity index (χ0v) is 12.6. The Morgan fingerprint density at radius 3 is 2.26 bits per heavy atom. The van der Waals surface area contributed by atoms with Gasteiger partial charge in [-0.2, -0.15) is 0 Å². The molecule has 0 fully saturated rings. The molecule has 0 unspecified atom stereocenters. The molecule has 0 aromatic carbocycles. The van der Waals surface area contributed by atoms with E-state index in [1.807, 2.05) is 0 Å². The van der Waals surface area contributed by atoms with Crippen molar-refractivity contribution in [1.82, 2.24) is 9.97 Å². The third kappa shape index (κ3) is 6.24. The lowest BCUT2D eigenvalue weighted by atomic mass is 10.0. The summed E-state index contributed by atoms with van der Waals surface area (Å²) >= 11 is 5.81. The molecule has 0 radical (unpaired) electrons. The van der Waals surface area contributed by atoms with Gasteiger partial charge < -0.3 is 5.11 Å². The SMILES string of the molecule is CCCCCCCCCCc1c(O)ncnc1CCl. The highest BCUT2D eigenvalue weighted by molar-refractivity contribution is 6.17. The van der Waals surface area contributed by atoms with E-state index in [0.717, 1.165) is 24.1 Å². The quantitative estimate of drug-likeness (QED) is 0.504. The second-order valence-corrected chi connectivity index (χ2v) is 5.25. The van der Waals surface area contributed by atoms with Crippen molar-refractivity contribution in [1.29, 1.82) is 0 Å². The Morgan fingerprint density at radius 2 is 1.63 bits per heavy atom. The number of aromatic hydroxyl groups is 1. The first kappa shape index (κ1) is 16.2. The third-order valence-corrected chi connectivity index (χ3v) is 3.67. The van der Waals surface area contributed by atoms with E-state index >= 15 is 0 Å². The van der Waals surface area contributed by atoms with E-state index in [1.54, 1.807) is 0 Å². The van der Waals surface area contributed by atoms with Crippen molar-refractivity contribution in [2.24, 2.45) is 0 Å². The summed E-state index contributed by atoms with van der Waals surface area (Å²) in [5, 5.41) is 9.71. The van der Waals surface area contributed by atoms with E-state index in [1.165, 1.54) is 51.3 Å². The molecule has 0 spiro atoms. The maximum absolute atomic E-state index is 9.71. The average Bonchev–Trinajstić information content (AvgIpc) is 2.43. The van der Waals surface area contributed by atoms with Crippen LogP contribution in [-0.2, 0) is 12.3 Å². The number of halogens is 1. The number of aromatic nitrogens is 2. The van der Waals surface area contributed by atoms with Gasteiger partial charge in [-0.05, 0) is 12.8 Å². The van der Waals surface area contributed by atoms with Gasteiger partial charge in [0.1, 0.15) is 6.33 Å². The van der Waals surface area contributed by atoms with Crippen LogP contribution in [0.25, 0.3) is 0 Å². The maximum atomic E-state index is 9.71. The van der Waals surface area contributed by atoms with Crippen LogP contribution in [0.2, 0.25) is 0 Å². The molecule has 1 aromatic rings. The number of hydrogen-bond acceptors (Lipinski definition) is 3. The lowest BCUT2D eigenvalue weighted by Crippen LogP contribution is -1.98. The molecule has 1 heterocycles. The molecule has 1 N–H and O–H groups in total. The van der Waals surface area contributed by atoms with E-state index in [2.05, 4.69) is 16.9 Å². The van der Waals surface area contributed by atoms with Gasteiger partial charge in [-0.25, -0.2) is 9.97 Å². The second-order valence-electron chi connectivity index (χ2n) is 4.98. The smallest absolute Gasteiger partial charge is 0.217 e. The molecule has 4 heteroatoms. The molecule has 0 aliphatic carbocycles. The molecule has 0 saturated heterocycles. The molecule has 0 bridgehead atoms. The number of unbranched alkanes of at least 4 members (excludes halogenated alkanes) is 7. The van der Waals surface area contributed by atoms with E-state index in [0.29, 0.717) is 5.88 Å². The summed E-state index contributed by atoms with van der Waals surface area (Å²) in [6.07, 6.45) is 12.4. The monoisotopic (exact) mass is 284 g/mol. The Kier molecular flexibility index (Phi) is 8.55. The molecule has 0 aliphatic heterocycles. The topological polar surface area (TPSA) is 46.0 Å². The summed E-state index contributed by atoms with van der Waals surface area (Å²) in [4.78, 5) is 7.93. The van der Waals surface area contributed by atoms with Gasteiger partial charge in [0, 0.05) is 5.56 Å². The Bertz CT molecular complexity index is 358. The van der Waals surface area contributed by atoms with Crippen LogP contribution in [0, 0.1) is 0 Å². The maximum Gasteiger partial charge on any atom is 0.217 e. The van der Waals surface area contributed by atoms with E-state index < -0.39 is 0 Å². The van der Waals surface area contributed by atoms with E-state index in [9.17, 15) is 5.11 Å². The molecule has 1 rings (SSSR count). The van der Waals surface area contributed by atoms with Crippen molar-refractivity contribution in [3.05, 3.63) is 17.6 Å². The van der Waals surface area contributed by atoms with Crippen LogP contribution in [-0.4, -0.2) is 15.1 Å². The van der Waals surface area contributed by atoms with Crippen molar-refractivity contribution >= 4 is 11.6 Å². The lowest BCUT2D eigenvalue weighted by Gasteiger charge is -2.07. The fraction of sp³-hybridized carbons (Fsp3) is 0.733. The van der Waals surface area contributed by atoms with Gasteiger partial charge in [-0.15, -0.1) is 11.6 Å². The molecule has 1 aromatic heterocycles. The molecule has 0 saturated carbocycles. The van der Waals surface area contributed by atoms with Gasteiger partial charge in [0.05, 0.1) is 11.6 Å². The van der Waals surface area contributed by atoms with Gasteiger partial charge in [0.25, 0.3) is 0 Å². The molecule has 0 amide bonds. The van der Waals surface area contributed by atoms with Crippen molar-refractivity contribution in [3.8, 4) is 5.88 Å². The predicted octanol–water partition coefficient (Wildman–Crippen LogP) is 4.60. The largest absolute Gasteiger partial charge is 0.493 e. The van der Waals surface area contributed by atoms with Crippen molar-refractivity contribution < 1.29 is 5.11 Å². The predicted molar refractivity (Wildman–Crippen MR) is 79.6 cm³/mol. The third-order valence-electron chi connectivity index (χ3n) is 3.42. The zero-order chi connectivity index (χ0) is 13.9. The van der Waals surface area contributed by atoms with Crippen molar-refractivity contribution in [2.45, 2.75) is 70.6 Å². The number of nitrogens with zero attached hydrogens (tertiary/aromatic N) is 2. The first-order valence-electron chi connectivity index (χ1n) is 7.37. The minimum atomic E-state index is 0.0913. The molecule has 0 aliphatic rings. The Labute approximate surface area is 121 Å². The second kappa shape index (κ2) is 10.0. The van der Waals surface area contributed by atoms with Crippen LogP contribution >= 0.6 is 11.6 Å². The van der Waals surface area contributed by atoms with Crippen LogP contribution in [0.3, 0.4) is 0 Å². The highest BCUT2D eigenvalue weighted by Crippen LogP contribution is 2.21. The standard InChI is InChI=1S/C15H25ClN2O/c1-2-3-4-5-6-7-8-9-10-13-14(11-16)17-12-18-15(13)19/h12H,2-11H2,1H3,(H,17,18,19). The van der Waals surface area contributed by atoms with Gasteiger partial charge in [-0.3, -0.25) is 0 Å². The van der Waals surface area contributed by atoms with Crippen molar-refractivity contribution in [3.63, 3.8) is 0 Å². The van der Waals surface area contributed by atoms with Gasteiger partial charge in [0.2, 0.25) is 5.88 Å². The molecular weight excluding hydrogens is 260 g/mol. The number of rotatable bonds is 10. The van der Waals surface area contributed by atoms with E-state index in [4.69, 9.17) is 11.6 Å². The average molecular weight is 285 g/mol. The molecule has 0 atom stereocenters. The highest BCUT2D eigenvalue weighted by atomic mass is 35.5. The Balaban J connectivity index is 2.19. The van der Waals surface area contributed by atoms with Gasteiger partial charge in [0.15, 0.2) is 0 Å². The number of alkyl halides is 1. The minimum absolute atomic E-state index is 0.0913. The fourth-order valence-electron chi connectivity index (χ4n) is 2.25. The lowest BCUT2D eigenvalue weighted by molar-refractivity contribution is 0.440. The summed E-state index contributed by atoms with van der Waals surface area (Å²) in [5.74, 6) is 0.427. The van der Waals surface area contributed by atoms with Crippen LogP contribution in [0.5, 0.6) is 5.88 Å². The number of hydrogen-bond donors (Lipinski definition) is 1. The van der Waals surface area contributed by atoms with Crippen LogP contribution in [0.1, 0.15) is 69.5 Å². The van der Waals surface area contributed by atoms with Crippen LogP contribution < -0.4 is 0 Å². The molecular formula is C15H25ClN2O. The summed E-state index contributed by atoms with van der Waals surface area (Å²) < 4.78 is 0. The minimum Gasteiger partial charge on any atom is -0.493 e. The van der Waals surface area contributed by atoms with Gasteiger partial charge in [-0.1, -0.05) is 51.9 Å². The van der Waals surface area contributed by atoms with Crippen molar-refractivity contribution in [2.75, 3.05) is 0 Å². The summed E-state index contributed by atoms with van der Waals surface area (Å²) in [6.45, 7) is 2.24. The molecule has 3 nitrogen and oxygen atoms in total. The normalized spacial score (nSPS) is 10.8. The van der Waals surface area contributed by atoms with E-state index in [-0.39, 0.29) is 5.88 Å². The fourth-order valence-corrected chi connectivity index (χ4v) is 2.48. The van der Waals surface area contributed by atoms with Gasteiger partial charge >= 0.3 is 0 Å². The first-order valence-corrected chi connectivity index (χ1v) is 7.90. The molecule has 108 valence electrons. The van der Waals surface area contributed by atoms with Crippen LogP contribution in [0.15, 0.2) is 6.33 Å². The zero-order valence-electron chi connectivity index (χ0n) is 11.9. The summed E-state index contributed by atoms with van der Waals surface area (Å²) in [5.41, 5.74) is 1.58. The summed E-state index contributed by atoms with van der Waals surface area (Å²) in [6, 6.07) is 0. The molecule has 19 heavy (non-hydrogen) atoms. The first-order chi connectivity index (χ1) is 9.29. The Hall–Kier alpha value is -0.830. The van der Waals surface area contributed by atoms with Crippen LogP contribution in [0.4, 0.5) is 0 Å². The highest BCUT2D eigenvalue weighted by Gasteiger charge is 2.09.